The zero-order chi connectivity index (χ0) is 6.41. The highest BCUT2D eigenvalue weighted by Gasteiger charge is 1.97. The van der Waals surface area contributed by atoms with E-state index in [0.717, 1.165) is 19.3 Å². The van der Waals surface area contributed by atoms with Crippen LogP contribution in [0.4, 0.5) is 0 Å². The van der Waals surface area contributed by atoms with Crippen LogP contribution in [0.1, 0.15) is 26.2 Å². The van der Waals surface area contributed by atoms with Crippen LogP contribution in [0.25, 0.3) is 0 Å². The van der Waals surface area contributed by atoms with Gasteiger partial charge in [-0.25, -0.2) is 0 Å². The van der Waals surface area contributed by atoms with Crippen molar-refractivity contribution in [2.24, 2.45) is 0 Å². The van der Waals surface area contributed by atoms with Crippen LogP contribution in [-0.2, 0) is 0 Å². The Morgan fingerprint density at radius 1 is 1.62 bits per heavy atom. The number of hydrogen-bond acceptors (Lipinski definition) is 1. The Kier molecular flexibility index (Phi) is 5.56. The number of halogens is 1. The molecule has 0 aliphatic rings. The number of hydrogen-bond donors (Lipinski definition) is 1. The van der Waals surface area contributed by atoms with E-state index >= 15 is 0 Å². The van der Waals surface area contributed by atoms with Crippen molar-refractivity contribution in [1.29, 1.82) is 0 Å². The molecule has 0 aliphatic heterocycles. The number of rotatable bonds is 4. The molecule has 0 amide bonds. The molecule has 1 atom stereocenters. The molecule has 1 unspecified atom stereocenters. The summed E-state index contributed by atoms with van der Waals surface area (Å²) in [6.07, 6.45) is 2.78. The minimum Gasteiger partial charge on any atom is -0.396 e. The molecule has 0 aromatic rings. The lowest BCUT2D eigenvalue weighted by molar-refractivity contribution is 0.283. The fourth-order valence-corrected chi connectivity index (χ4v) is 0.671. The maximum absolute atomic E-state index is 8.35. The SMILES string of the molecule is CCC(Cl)CCCO. The summed E-state index contributed by atoms with van der Waals surface area (Å²) in [6.45, 7) is 2.32. The van der Waals surface area contributed by atoms with Gasteiger partial charge in [-0.15, -0.1) is 11.6 Å². The van der Waals surface area contributed by atoms with E-state index in [1.807, 2.05) is 0 Å². The average molecular weight is 137 g/mol. The molecule has 0 aromatic carbocycles. The van der Waals surface area contributed by atoms with Crippen LogP contribution in [0.5, 0.6) is 0 Å². The molecule has 0 saturated carbocycles. The summed E-state index contributed by atoms with van der Waals surface area (Å²) in [5.41, 5.74) is 0. The lowest BCUT2D eigenvalue weighted by Gasteiger charge is -2.01. The number of aliphatic hydroxyl groups is 1. The van der Waals surface area contributed by atoms with E-state index in [2.05, 4.69) is 6.92 Å². The van der Waals surface area contributed by atoms with Gasteiger partial charge in [-0.1, -0.05) is 6.92 Å². The van der Waals surface area contributed by atoms with Crippen molar-refractivity contribution in [3.8, 4) is 0 Å². The molecule has 0 aliphatic carbocycles. The van der Waals surface area contributed by atoms with Gasteiger partial charge in [0.15, 0.2) is 0 Å². The Morgan fingerprint density at radius 3 is 2.62 bits per heavy atom. The van der Waals surface area contributed by atoms with E-state index in [-0.39, 0.29) is 12.0 Å². The molecule has 0 fully saturated rings. The Hall–Kier alpha value is 0.250. The molecule has 8 heavy (non-hydrogen) atoms. The molecule has 0 radical (unpaired) electrons. The minimum atomic E-state index is 0.266. The highest BCUT2D eigenvalue weighted by Crippen LogP contribution is 2.07. The van der Waals surface area contributed by atoms with Crippen molar-refractivity contribution >= 4 is 11.6 Å². The zero-order valence-corrected chi connectivity index (χ0v) is 5.99. The first-order valence-electron chi connectivity index (χ1n) is 3.06. The predicted molar refractivity (Wildman–Crippen MR) is 36.3 cm³/mol. The molecule has 1 N–H and O–H groups in total. The van der Waals surface area contributed by atoms with Gasteiger partial charge < -0.3 is 5.11 Å². The topological polar surface area (TPSA) is 20.2 Å². The number of alkyl halides is 1. The quantitative estimate of drug-likeness (QED) is 0.585. The van der Waals surface area contributed by atoms with Crippen LogP contribution >= 0.6 is 11.6 Å². The molecule has 0 bridgehead atoms. The second-order valence-electron chi connectivity index (χ2n) is 1.87. The molecule has 0 aromatic heterocycles. The lowest BCUT2D eigenvalue weighted by Crippen LogP contribution is -1.96. The first-order chi connectivity index (χ1) is 3.81. The monoisotopic (exact) mass is 136 g/mol. The van der Waals surface area contributed by atoms with Crippen LogP contribution in [0.2, 0.25) is 0 Å². The summed E-state index contributed by atoms with van der Waals surface area (Å²) >= 11 is 5.73. The third kappa shape index (κ3) is 4.41. The van der Waals surface area contributed by atoms with E-state index in [0.29, 0.717) is 0 Å². The molecule has 1 nitrogen and oxygen atoms in total. The summed E-state index contributed by atoms with van der Waals surface area (Å²) in [4.78, 5) is 0. The molecule has 0 rings (SSSR count). The van der Waals surface area contributed by atoms with Crippen LogP contribution in [0.15, 0.2) is 0 Å². The van der Waals surface area contributed by atoms with Gasteiger partial charge in [0, 0.05) is 12.0 Å². The van der Waals surface area contributed by atoms with Crippen LogP contribution in [0.3, 0.4) is 0 Å². The van der Waals surface area contributed by atoms with Gasteiger partial charge in [0.1, 0.15) is 0 Å². The van der Waals surface area contributed by atoms with E-state index in [1.54, 1.807) is 0 Å². The first-order valence-corrected chi connectivity index (χ1v) is 3.49. The molecular weight excluding hydrogens is 124 g/mol. The smallest absolute Gasteiger partial charge is 0.0431 e. The van der Waals surface area contributed by atoms with Gasteiger partial charge in [0.25, 0.3) is 0 Å². The fourth-order valence-electron chi connectivity index (χ4n) is 0.517. The second-order valence-corrected chi connectivity index (χ2v) is 2.49. The van der Waals surface area contributed by atoms with Gasteiger partial charge in [-0.3, -0.25) is 0 Å². The van der Waals surface area contributed by atoms with Crippen molar-refractivity contribution in [1.82, 2.24) is 0 Å². The third-order valence-corrected chi connectivity index (χ3v) is 1.65. The van der Waals surface area contributed by atoms with E-state index in [1.165, 1.54) is 0 Å². The maximum atomic E-state index is 8.35. The molecule has 2 heteroatoms. The van der Waals surface area contributed by atoms with Crippen LogP contribution in [0, 0.1) is 0 Å². The normalized spacial score (nSPS) is 13.9. The fraction of sp³-hybridized carbons (Fsp3) is 1.00. The van der Waals surface area contributed by atoms with Crippen molar-refractivity contribution in [3.05, 3.63) is 0 Å². The van der Waals surface area contributed by atoms with Crippen LogP contribution in [-0.4, -0.2) is 17.1 Å². The summed E-state index contributed by atoms with van der Waals surface area (Å²) in [5, 5.41) is 8.62. The molecule has 50 valence electrons. The van der Waals surface area contributed by atoms with Gasteiger partial charge in [-0.05, 0) is 19.3 Å². The highest BCUT2D eigenvalue weighted by molar-refractivity contribution is 6.20. The lowest BCUT2D eigenvalue weighted by atomic mass is 10.2. The molecule has 0 spiro atoms. The largest absolute Gasteiger partial charge is 0.396 e. The van der Waals surface area contributed by atoms with Gasteiger partial charge in [0.2, 0.25) is 0 Å². The van der Waals surface area contributed by atoms with Gasteiger partial charge in [-0.2, -0.15) is 0 Å². The Labute approximate surface area is 55.7 Å². The minimum absolute atomic E-state index is 0.266. The van der Waals surface area contributed by atoms with Gasteiger partial charge in [0.05, 0.1) is 0 Å². The van der Waals surface area contributed by atoms with E-state index in [4.69, 9.17) is 16.7 Å². The zero-order valence-electron chi connectivity index (χ0n) is 5.23. The Morgan fingerprint density at radius 2 is 2.25 bits per heavy atom. The maximum Gasteiger partial charge on any atom is 0.0431 e. The van der Waals surface area contributed by atoms with E-state index in [9.17, 15) is 0 Å². The highest BCUT2D eigenvalue weighted by atomic mass is 35.5. The Balaban J connectivity index is 2.86. The number of aliphatic hydroxyl groups excluding tert-OH is 1. The summed E-state index contributed by atoms with van der Waals surface area (Å²) < 4.78 is 0. The van der Waals surface area contributed by atoms with Gasteiger partial charge >= 0.3 is 0 Å². The second kappa shape index (κ2) is 5.39. The first kappa shape index (κ1) is 8.25. The van der Waals surface area contributed by atoms with Crippen molar-refractivity contribution < 1.29 is 5.11 Å². The average Bonchev–Trinajstić information content (AvgIpc) is 1.83. The summed E-state index contributed by atoms with van der Waals surface area (Å²) in [7, 11) is 0. The van der Waals surface area contributed by atoms with E-state index < -0.39 is 0 Å². The molecule has 0 heterocycles. The summed E-state index contributed by atoms with van der Waals surface area (Å²) in [6, 6.07) is 0. The Bertz CT molecular complexity index is 47.8. The standard InChI is InChI=1S/C6H13ClO/c1-2-6(7)4-3-5-8/h6,8H,2-5H2,1H3. The van der Waals surface area contributed by atoms with Crippen molar-refractivity contribution in [3.63, 3.8) is 0 Å². The van der Waals surface area contributed by atoms with Crippen LogP contribution < -0.4 is 0 Å². The summed E-state index contributed by atoms with van der Waals surface area (Å²) in [5.74, 6) is 0. The molecule has 0 saturated heterocycles. The molecular formula is C6H13ClO. The predicted octanol–water partition coefficient (Wildman–Crippen LogP) is 1.78. The third-order valence-electron chi connectivity index (χ3n) is 1.12. The van der Waals surface area contributed by atoms with Crippen molar-refractivity contribution in [2.75, 3.05) is 6.61 Å². The van der Waals surface area contributed by atoms with Crippen molar-refractivity contribution in [2.45, 2.75) is 31.6 Å².